The molecule has 88 valence electrons. The molecular formula is C15H15ClO. The Morgan fingerprint density at radius 3 is 2.35 bits per heavy atom. The molecular weight excluding hydrogens is 232 g/mol. The summed E-state index contributed by atoms with van der Waals surface area (Å²) >= 11 is 5.73. The molecule has 0 spiro atoms. The summed E-state index contributed by atoms with van der Waals surface area (Å²) in [5.74, 6) is -0.0337. The molecule has 1 atom stereocenters. The molecule has 0 radical (unpaired) electrons. The molecule has 2 rings (SSSR count). The van der Waals surface area contributed by atoms with Gasteiger partial charge in [0.25, 0.3) is 0 Å². The van der Waals surface area contributed by atoms with Gasteiger partial charge in [0.05, 0.1) is 5.92 Å². The van der Waals surface area contributed by atoms with Crippen molar-refractivity contribution in [3.05, 3.63) is 48.0 Å². The zero-order chi connectivity index (χ0) is 12.4. The summed E-state index contributed by atoms with van der Waals surface area (Å²) in [6.45, 7) is 4.04. The SMILES string of the molecule is CC(C)C(C(=O)Cl)c1cccc2ccccc12. The number of carbonyl (C=O) groups is 1. The van der Waals surface area contributed by atoms with Crippen LogP contribution in [0.25, 0.3) is 10.8 Å². The van der Waals surface area contributed by atoms with Gasteiger partial charge in [-0.25, -0.2) is 0 Å². The van der Waals surface area contributed by atoms with Gasteiger partial charge in [0.2, 0.25) is 5.24 Å². The van der Waals surface area contributed by atoms with Gasteiger partial charge < -0.3 is 0 Å². The van der Waals surface area contributed by atoms with E-state index in [0.29, 0.717) is 0 Å². The predicted octanol–water partition coefficient (Wildman–Crippen LogP) is 4.34. The average Bonchev–Trinajstić information content (AvgIpc) is 2.28. The van der Waals surface area contributed by atoms with E-state index in [4.69, 9.17) is 11.6 Å². The first-order valence-corrected chi connectivity index (χ1v) is 6.16. The Bertz CT molecular complexity index is 540. The lowest BCUT2D eigenvalue weighted by Gasteiger charge is -2.18. The molecule has 0 aliphatic carbocycles. The Labute approximate surface area is 106 Å². The number of fused-ring (bicyclic) bond motifs is 1. The first kappa shape index (κ1) is 12.1. The molecule has 0 saturated heterocycles. The van der Waals surface area contributed by atoms with Crippen molar-refractivity contribution in [1.82, 2.24) is 0 Å². The standard InChI is InChI=1S/C15H15ClO/c1-10(2)14(15(16)17)13-9-5-7-11-6-3-4-8-12(11)13/h3-10,14H,1-2H3. The van der Waals surface area contributed by atoms with E-state index in [0.717, 1.165) is 16.3 Å². The average molecular weight is 247 g/mol. The molecule has 17 heavy (non-hydrogen) atoms. The maximum atomic E-state index is 11.6. The lowest BCUT2D eigenvalue weighted by molar-refractivity contribution is -0.113. The normalized spacial score (nSPS) is 12.9. The monoisotopic (exact) mass is 246 g/mol. The van der Waals surface area contributed by atoms with Crippen LogP contribution in [0.1, 0.15) is 25.3 Å². The highest BCUT2D eigenvalue weighted by Gasteiger charge is 2.23. The molecule has 0 aromatic heterocycles. The Morgan fingerprint density at radius 2 is 1.71 bits per heavy atom. The van der Waals surface area contributed by atoms with Crippen molar-refractivity contribution >= 4 is 27.6 Å². The van der Waals surface area contributed by atoms with Gasteiger partial charge in [-0.05, 0) is 33.9 Å². The van der Waals surface area contributed by atoms with Crippen LogP contribution in [0.15, 0.2) is 42.5 Å². The van der Waals surface area contributed by atoms with Crippen LogP contribution in [0.2, 0.25) is 0 Å². The summed E-state index contributed by atoms with van der Waals surface area (Å²) in [6.07, 6.45) is 0. The first-order valence-electron chi connectivity index (χ1n) is 5.78. The molecule has 2 heteroatoms. The first-order chi connectivity index (χ1) is 8.11. The lowest BCUT2D eigenvalue weighted by atomic mass is 9.86. The number of benzene rings is 2. The van der Waals surface area contributed by atoms with Crippen LogP contribution in [0.4, 0.5) is 0 Å². The number of rotatable bonds is 3. The fourth-order valence-electron chi connectivity index (χ4n) is 2.27. The number of hydrogen-bond acceptors (Lipinski definition) is 1. The Kier molecular flexibility index (Phi) is 3.49. The lowest BCUT2D eigenvalue weighted by Crippen LogP contribution is -2.13. The summed E-state index contributed by atoms with van der Waals surface area (Å²) in [5.41, 5.74) is 1.03. The van der Waals surface area contributed by atoms with Crippen LogP contribution in [0.5, 0.6) is 0 Å². The van der Waals surface area contributed by atoms with Crippen molar-refractivity contribution < 1.29 is 4.79 Å². The van der Waals surface area contributed by atoms with Crippen molar-refractivity contribution in [3.8, 4) is 0 Å². The molecule has 0 N–H and O–H groups in total. The fraction of sp³-hybridized carbons (Fsp3) is 0.267. The molecule has 0 heterocycles. The van der Waals surface area contributed by atoms with Gasteiger partial charge in [-0.15, -0.1) is 0 Å². The molecule has 0 fully saturated rings. The zero-order valence-electron chi connectivity index (χ0n) is 9.98. The highest BCUT2D eigenvalue weighted by molar-refractivity contribution is 6.64. The van der Waals surface area contributed by atoms with E-state index in [1.165, 1.54) is 0 Å². The summed E-state index contributed by atoms with van der Waals surface area (Å²) in [7, 11) is 0. The van der Waals surface area contributed by atoms with Gasteiger partial charge in [-0.1, -0.05) is 56.3 Å². The molecule has 1 nitrogen and oxygen atoms in total. The Morgan fingerprint density at radius 1 is 1.06 bits per heavy atom. The smallest absolute Gasteiger partial charge is 0.229 e. The molecule has 0 aliphatic heterocycles. The van der Waals surface area contributed by atoms with Crippen LogP contribution >= 0.6 is 11.6 Å². The van der Waals surface area contributed by atoms with Gasteiger partial charge in [-0.2, -0.15) is 0 Å². The minimum atomic E-state index is -0.281. The number of carbonyl (C=O) groups excluding carboxylic acids is 1. The van der Waals surface area contributed by atoms with E-state index in [-0.39, 0.29) is 17.1 Å². The van der Waals surface area contributed by atoms with Gasteiger partial charge in [0.1, 0.15) is 0 Å². The quantitative estimate of drug-likeness (QED) is 0.736. The maximum absolute atomic E-state index is 11.6. The Hall–Kier alpha value is -1.34. The third-order valence-corrected chi connectivity index (χ3v) is 3.30. The predicted molar refractivity (Wildman–Crippen MR) is 72.4 cm³/mol. The number of halogens is 1. The third kappa shape index (κ3) is 2.34. The van der Waals surface area contributed by atoms with Crippen LogP contribution in [-0.2, 0) is 4.79 Å². The van der Waals surface area contributed by atoms with E-state index in [9.17, 15) is 4.79 Å². The summed E-state index contributed by atoms with van der Waals surface area (Å²) in [6, 6.07) is 14.1. The largest absolute Gasteiger partial charge is 0.281 e. The van der Waals surface area contributed by atoms with Gasteiger partial charge in [0.15, 0.2) is 0 Å². The van der Waals surface area contributed by atoms with Crippen LogP contribution < -0.4 is 0 Å². The summed E-state index contributed by atoms with van der Waals surface area (Å²) in [4.78, 5) is 11.6. The second-order valence-corrected chi connectivity index (χ2v) is 4.97. The molecule has 1 unspecified atom stereocenters. The molecule has 0 saturated carbocycles. The van der Waals surface area contributed by atoms with E-state index in [2.05, 4.69) is 12.1 Å². The molecule has 2 aromatic rings. The molecule has 0 bridgehead atoms. The van der Waals surface area contributed by atoms with E-state index < -0.39 is 0 Å². The summed E-state index contributed by atoms with van der Waals surface area (Å²) in [5, 5.41) is 1.98. The second-order valence-electron chi connectivity index (χ2n) is 4.59. The van der Waals surface area contributed by atoms with Crippen molar-refractivity contribution in [2.75, 3.05) is 0 Å². The highest BCUT2D eigenvalue weighted by atomic mass is 35.5. The van der Waals surface area contributed by atoms with Gasteiger partial charge in [0, 0.05) is 0 Å². The van der Waals surface area contributed by atoms with Crippen molar-refractivity contribution in [1.29, 1.82) is 0 Å². The number of hydrogen-bond donors (Lipinski definition) is 0. The van der Waals surface area contributed by atoms with Gasteiger partial charge >= 0.3 is 0 Å². The minimum Gasteiger partial charge on any atom is -0.281 e. The fourth-order valence-corrected chi connectivity index (χ4v) is 2.63. The van der Waals surface area contributed by atoms with E-state index in [1.54, 1.807) is 0 Å². The van der Waals surface area contributed by atoms with Crippen LogP contribution in [0, 0.1) is 5.92 Å². The maximum Gasteiger partial charge on any atom is 0.229 e. The topological polar surface area (TPSA) is 17.1 Å². The summed E-state index contributed by atoms with van der Waals surface area (Å²) < 4.78 is 0. The molecule has 0 aliphatic rings. The van der Waals surface area contributed by atoms with Crippen molar-refractivity contribution in [2.24, 2.45) is 5.92 Å². The van der Waals surface area contributed by atoms with E-state index >= 15 is 0 Å². The van der Waals surface area contributed by atoms with E-state index in [1.807, 2.05) is 44.2 Å². The van der Waals surface area contributed by atoms with Crippen molar-refractivity contribution in [3.63, 3.8) is 0 Å². The Balaban J connectivity index is 2.65. The zero-order valence-corrected chi connectivity index (χ0v) is 10.7. The van der Waals surface area contributed by atoms with Crippen LogP contribution in [0.3, 0.4) is 0 Å². The molecule has 2 aromatic carbocycles. The second kappa shape index (κ2) is 4.89. The highest BCUT2D eigenvalue weighted by Crippen LogP contribution is 2.32. The third-order valence-electron chi connectivity index (χ3n) is 3.07. The van der Waals surface area contributed by atoms with Crippen LogP contribution in [-0.4, -0.2) is 5.24 Å². The molecule has 0 amide bonds. The minimum absolute atomic E-state index is 0.200. The van der Waals surface area contributed by atoms with Gasteiger partial charge in [-0.3, -0.25) is 4.79 Å². The van der Waals surface area contributed by atoms with Crippen molar-refractivity contribution in [2.45, 2.75) is 19.8 Å².